The van der Waals surface area contributed by atoms with Crippen LogP contribution in [0.15, 0.2) is 18.2 Å². The Hall–Kier alpha value is -0.930. The van der Waals surface area contributed by atoms with Crippen LogP contribution in [0.5, 0.6) is 0 Å². The molecule has 1 saturated carbocycles. The maximum atomic E-state index is 4.69. The monoisotopic (exact) mass is 273 g/mol. The molecule has 2 unspecified atom stereocenters. The van der Waals surface area contributed by atoms with Gasteiger partial charge in [0.2, 0.25) is 0 Å². The number of rotatable bonds is 5. The Kier molecular flexibility index (Phi) is 4.37. The Morgan fingerprint density at radius 2 is 2.20 bits per heavy atom. The van der Waals surface area contributed by atoms with Crippen LogP contribution in [0.1, 0.15) is 44.0 Å². The van der Waals surface area contributed by atoms with Crippen molar-refractivity contribution in [3.05, 3.63) is 29.6 Å². The van der Waals surface area contributed by atoms with Gasteiger partial charge < -0.3 is 5.32 Å². The van der Waals surface area contributed by atoms with E-state index in [0.717, 1.165) is 24.7 Å². The fourth-order valence-electron chi connectivity index (χ4n) is 3.40. The molecule has 3 nitrogen and oxygen atoms in total. The molecule has 1 N–H and O–H groups in total. The highest BCUT2D eigenvalue weighted by molar-refractivity contribution is 5.10. The van der Waals surface area contributed by atoms with Crippen molar-refractivity contribution in [2.75, 3.05) is 13.1 Å². The zero-order valence-electron chi connectivity index (χ0n) is 12.8. The van der Waals surface area contributed by atoms with Crippen molar-refractivity contribution in [3.8, 4) is 0 Å². The van der Waals surface area contributed by atoms with Gasteiger partial charge >= 0.3 is 0 Å². The van der Waals surface area contributed by atoms with Crippen LogP contribution in [0.4, 0.5) is 0 Å². The number of aromatic nitrogens is 1. The van der Waals surface area contributed by atoms with Crippen LogP contribution in [0.25, 0.3) is 0 Å². The summed E-state index contributed by atoms with van der Waals surface area (Å²) in [4.78, 5) is 7.36. The van der Waals surface area contributed by atoms with Crippen molar-refractivity contribution in [2.45, 2.75) is 58.2 Å². The van der Waals surface area contributed by atoms with Gasteiger partial charge in [-0.05, 0) is 44.2 Å². The first-order valence-electron chi connectivity index (χ1n) is 8.16. The summed E-state index contributed by atoms with van der Waals surface area (Å²) in [5.41, 5.74) is 2.35. The van der Waals surface area contributed by atoms with Crippen molar-refractivity contribution in [1.29, 1.82) is 0 Å². The molecule has 1 aliphatic heterocycles. The van der Waals surface area contributed by atoms with Gasteiger partial charge in [0.1, 0.15) is 0 Å². The first-order valence-corrected chi connectivity index (χ1v) is 8.16. The van der Waals surface area contributed by atoms with E-state index in [4.69, 9.17) is 0 Å². The molecule has 110 valence electrons. The first kappa shape index (κ1) is 14.0. The Balaban J connectivity index is 1.68. The van der Waals surface area contributed by atoms with Gasteiger partial charge in [0.25, 0.3) is 0 Å². The van der Waals surface area contributed by atoms with E-state index in [1.807, 2.05) is 0 Å². The molecule has 2 atom stereocenters. The fourth-order valence-corrected chi connectivity index (χ4v) is 3.40. The molecule has 0 aromatic carbocycles. The number of hydrogen-bond donors (Lipinski definition) is 1. The SMILES string of the molecule is CCCC1CNC(C2CC2)CN1Cc1cccc(C)n1. The van der Waals surface area contributed by atoms with Crippen molar-refractivity contribution < 1.29 is 0 Å². The number of nitrogens with one attached hydrogen (secondary N) is 1. The van der Waals surface area contributed by atoms with Gasteiger partial charge in [-0.3, -0.25) is 9.88 Å². The predicted molar refractivity (Wildman–Crippen MR) is 82.6 cm³/mol. The number of nitrogens with zero attached hydrogens (tertiary/aromatic N) is 2. The summed E-state index contributed by atoms with van der Waals surface area (Å²) in [5.74, 6) is 0.936. The predicted octanol–water partition coefficient (Wildman–Crippen LogP) is 2.74. The summed E-state index contributed by atoms with van der Waals surface area (Å²) in [7, 11) is 0. The van der Waals surface area contributed by atoms with E-state index in [1.54, 1.807) is 0 Å². The molecular weight excluding hydrogens is 246 g/mol. The number of pyridine rings is 1. The lowest BCUT2D eigenvalue weighted by Crippen LogP contribution is -2.56. The number of aryl methyl sites for hydroxylation is 1. The minimum Gasteiger partial charge on any atom is -0.311 e. The summed E-state index contributed by atoms with van der Waals surface area (Å²) >= 11 is 0. The molecule has 0 amide bonds. The minimum atomic E-state index is 0.678. The van der Waals surface area contributed by atoms with E-state index in [-0.39, 0.29) is 0 Å². The molecule has 2 heterocycles. The molecule has 2 aliphatic rings. The van der Waals surface area contributed by atoms with Crippen LogP contribution in [-0.4, -0.2) is 35.1 Å². The molecular formula is C17H27N3. The van der Waals surface area contributed by atoms with E-state index in [2.05, 4.69) is 47.2 Å². The largest absolute Gasteiger partial charge is 0.311 e. The third-order valence-corrected chi connectivity index (χ3v) is 4.69. The number of hydrogen-bond acceptors (Lipinski definition) is 3. The average molecular weight is 273 g/mol. The molecule has 2 fully saturated rings. The zero-order valence-corrected chi connectivity index (χ0v) is 12.8. The lowest BCUT2D eigenvalue weighted by atomic mass is 10.0. The van der Waals surface area contributed by atoms with Crippen molar-refractivity contribution in [3.63, 3.8) is 0 Å². The summed E-state index contributed by atoms with van der Waals surface area (Å²) < 4.78 is 0. The van der Waals surface area contributed by atoms with Crippen LogP contribution < -0.4 is 5.32 Å². The maximum Gasteiger partial charge on any atom is 0.0547 e. The second-order valence-corrected chi connectivity index (χ2v) is 6.49. The van der Waals surface area contributed by atoms with E-state index in [1.165, 1.54) is 37.9 Å². The van der Waals surface area contributed by atoms with E-state index in [0.29, 0.717) is 12.1 Å². The number of piperazine rings is 1. The second-order valence-electron chi connectivity index (χ2n) is 6.49. The second kappa shape index (κ2) is 6.23. The first-order chi connectivity index (χ1) is 9.76. The van der Waals surface area contributed by atoms with E-state index in [9.17, 15) is 0 Å². The van der Waals surface area contributed by atoms with Crippen LogP contribution in [0.3, 0.4) is 0 Å². The van der Waals surface area contributed by atoms with E-state index < -0.39 is 0 Å². The van der Waals surface area contributed by atoms with Gasteiger partial charge in [-0.1, -0.05) is 19.4 Å². The highest BCUT2D eigenvalue weighted by atomic mass is 15.2. The lowest BCUT2D eigenvalue weighted by Gasteiger charge is -2.40. The summed E-state index contributed by atoms with van der Waals surface area (Å²) in [6, 6.07) is 7.78. The van der Waals surface area contributed by atoms with Gasteiger partial charge in [-0.2, -0.15) is 0 Å². The fraction of sp³-hybridized carbons (Fsp3) is 0.706. The molecule has 1 aromatic rings. The molecule has 1 saturated heterocycles. The Morgan fingerprint density at radius 1 is 1.35 bits per heavy atom. The van der Waals surface area contributed by atoms with Crippen LogP contribution >= 0.6 is 0 Å². The summed E-state index contributed by atoms with van der Waals surface area (Å²) in [5, 5.41) is 3.78. The normalized spacial score (nSPS) is 27.7. The lowest BCUT2D eigenvalue weighted by molar-refractivity contribution is 0.106. The Morgan fingerprint density at radius 3 is 2.90 bits per heavy atom. The van der Waals surface area contributed by atoms with Crippen molar-refractivity contribution in [1.82, 2.24) is 15.2 Å². The van der Waals surface area contributed by atoms with Gasteiger partial charge in [0.05, 0.1) is 5.69 Å². The summed E-state index contributed by atoms with van der Waals surface area (Å²) in [6.07, 6.45) is 5.40. The molecule has 0 radical (unpaired) electrons. The molecule has 1 aliphatic carbocycles. The quantitative estimate of drug-likeness (QED) is 0.894. The van der Waals surface area contributed by atoms with Gasteiger partial charge in [-0.15, -0.1) is 0 Å². The molecule has 0 bridgehead atoms. The van der Waals surface area contributed by atoms with Crippen molar-refractivity contribution in [2.24, 2.45) is 5.92 Å². The third kappa shape index (κ3) is 3.39. The third-order valence-electron chi connectivity index (χ3n) is 4.69. The molecule has 0 spiro atoms. The smallest absolute Gasteiger partial charge is 0.0547 e. The molecule has 3 heteroatoms. The Bertz CT molecular complexity index is 442. The van der Waals surface area contributed by atoms with Crippen LogP contribution in [0, 0.1) is 12.8 Å². The average Bonchev–Trinajstić information content (AvgIpc) is 3.25. The molecule has 20 heavy (non-hydrogen) atoms. The molecule has 3 rings (SSSR count). The minimum absolute atomic E-state index is 0.678. The van der Waals surface area contributed by atoms with Crippen LogP contribution in [-0.2, 0) is 6.54 Å². The van der Waals surface area contributed by atoms with Crippen molar-refractivity contribution >= 4 is 0 Å². The topological polar surface area (TPSA) is 28.2 Å². The standard InChI is InChI=1S/C17H27N3/c1-3-5-16-10-18-17(14-8-9-14)12-20(16)11-15-7-4-6-13(2)19-15/h4,6-7,14,16-18H,3,5,8-12H2,1-2H3. The highest BCUT2D eigenvalue weighted by Crippen LogP contribution is 2.34. The van der Waals surface area contributed by atoms with Gasteiger partial charge in [-0.25, -0.2) is 0 Å². The molecule has 1 aromatic heterocycles. The van der Waals surface area contributed by atoms with Gasteiger partial charge in [0.15, 0.2) is 0 Å². The maximum absolute atomic E-state index is 4.69. The van der Waals surface area contributed by atoms with Crippen LogP contribution in [0.2, 0.25) is 0 Å². The highest BCUT2D eigenvalue weighted by Gasteiger charge is 2.36. The van der Waals surface area contributed by atoms with Gasteiger partial charge in [0, 0.05) is 37.4 Å². The summed E-state index contributed by atoms with van der Waals surface area (Å²) in [6.45, 7) is 7.73. The zero-order chi connectivity index (χ0) is 13.9. The Labute approximate surface area is 122 Å². The van der Waals surface area contributed by atoms with E-state index >= 15 is 0 Å².